The van der Waals surface area contributed by atoms with E-state index in [4.69, 9.17) is 0 Å². The van der Waals surface area contributed by atoms with Crippen LogP contribution in [-0.2, 0) is 20.0 Å². The number of rotatable bonds is 0. The van der Waals surface area contributed by atoms with Gasteiger partial charge in [-0.25, -0.2) is 23.3 Å². The number of allylic oxidation sites excluding steroid dienone is 8. The Morgan fingerprint density at radius 2 is 1.15 bits per heavy atom. The fraction of sp³-hybridized carbons (Fsp3) is 0.471. The molecule has 0 fully saturated rings. The molecule has 0 heterocycles. The standard InChI is InChI=1S/2C7H9.C3H6.2ClH.Ti/c2*1-6-3-4-7(2)5-6;1-3-2;;;/h2*3-4,6H,1-2H3;1-2H3;2*1H;/q2*-1;;;;+2/p-2. The summed E-state index contributed by atoms with van der Waals surface area (Å²) in [5.41, 5.74) is 2.54. The third kappa shape index (κ3) is 16.2. The topological polar surface area (TPSA) is 0 Å². The zero-order valence-electron chi connectivity index (χ0n) is 13.2. The predicted molar refractivity (Wildman–Crippen MR) is 77.8 cm³/mol. The van der Waals surface area contributed by atoms with Crippen molar-refractivity contribution in [1.29, 1.82) is 0 Å². The number of hydrogen-bond donors (Lipinski definition) is 0. The maximum atomic E-state index is 3.22. The van der Waals surface area contributed by atoms with E-state index in [1.165, 1.54) is 15.0 Å². The molecule has 2 atom stereocenters. The van der Waals surface area contributed by atoms with Gasteiger partial charge in [-0.2, -0.15) is 12.2 Å². The Kier molecular flexibility index (Phi) is 17.7. The second-order valence-corrected chi connectivity index (χ2v) is 6.51. The average Bonchev–Trinajstić information content (AvgIpc) is 2.76. The first-order valence-electron chi connectivity index (χ1n) is 6.39. The van der Waals surface area contributed by atoms with Crippen molar-refractivity contribution in [3.8, 4) is 0 Å². The predicted octanol–water partition coefficient (Wildman–Crippen LogP) is -1.36. The summed E-state index contributed by atoms with van der Waals surface area (Å²) < 4.78 is 1.42. The minimum Gasteiger partial charge on any atom is -1.00 e. The SMILES string of the molecule is CC1=[C-]C(C)C=C1.CC1=[C-]C(C)C=C1.C[C](C)=[Ti+2].[Cl-].[Cl-]. The molecule has 0 aromatic heterocycles. The molecule has 0 aliphatic heterocycles. The summed E-state index contributed by atoms with van der Waals surface area (Å²) in [4.78, 5) is 0. The third-order valence-electron chi connectivity index (χ3n) is 2.18. The van der Waals surface area contributed by atoms with Crippen molar-refractivity contribution in [1.82, 2.24) is 0 Å². The molecule has 0 N–H and O–H groups in total. The normalized spacial score (nSPS) is 21.2. The van der Waals surface area contributed by atoms with Crippen LogP contribution in [0.25, 0.3) is 0 Å². The first-order chi connectivity index (χ1) is 8.31. The van der Waals surface area contributed by atoms with Crippen LogP contribution in [0.15, 0.2) is 35.5 Å². The van der Waals surface area contributed by atoms with E-state index >= 15 is 0 Å². The number of hydrogen-bond acceptors (Lipinski definition) is 0. The van der Waals surface area contributed by atoms with Crippen molar-refractivity contribution in [3.05, 3.63) is 47.6 Å². The Labute approximate surface area is 149 Å². The first-order valence-corrected chi connectivity index (χ1v) is 7.17. The maximum absolute atomic E-state index is 3.22. The van der Waals surface area contributed by atoms with E-state index in [9.17, 15) is 0 Å². The molecule has 2 rings (SSSR count). The van der Waals surface area contributed by atoms with E-state index in [0.29, 0.717) is 11.8 Å². The van der Waals surface area contributed by atoms with Gasteiger partial charge in [0.2, 0.25) is 0 Å². The van der Waals surface area contributed by atoms with Crippen molar-refractivity contribution >= 4 is 3.81 Å². The zero-order valence-corrected chi connectivity index (χ0v) is 16.3. The van der Waals surface area contributed by atoms with Crippen molar-refractivity contribution in [2.75, 3.05) is 0 Å². The molecule has 0 spiro atoms. The van der Waals surface area contributed by atoms with E-state index in [-0.39, 0.29) is 24.8 Å². The molecule has 0 aromatic carbocycles. The van der Waals surface area contributed by atoms with E-state index in [1.807, 2.05) is 0 Å². The first kappa shape index (κ1) is 25.1. The van der Waals surface area contributed by atoms with E-state index < -0.39 is 0 Å². The van der Waals surface area contributed by atoms with Crippen LogP contribution >= 0.6 is 0 Å². The molecule has 0 amide bonds. The Balaban J connectivity index is -0.000000215. The van der Waals surface area contributed by atoms with Gasteiger partial charge >= 0.3 is 37.6 Å². The fourth-order valence-corrected chi connectivity index (χ4v) is 1.49. The van der Waals surface area contributed by atoms with Crippen LogP contribution in [-0.4, -0.2) is 3.81 Å². The molecule has 0 saturated heterocycles. The van der Waals surface area contributed by atoms with Gasteiger partial charge in [-0.05, 0) is 0 Å². The third-order valence-corrected chi connectivity index (χ3v) is 2.18. The van der Waals surface area contributed by atoms with Gasteiger partial charge in [-0.15, -0.1) is 0 Å². The second-order valence-electron chi connectivity index (χ2n) is 4.95. The fourth-order valence-electron chi connectivity index (χ4n) is 1.49. The molecule has 0 nitrogen and oxygen atoms in total. The average molecular weight is 347 g/mol. The molecule has 20 heavy (non-hydrogen) atoms. The van der Waals surface area contributed by atoms with Crippen molar-refractivity contribution < 1.29 is 44.8 Å². The molecular weight excluding hydrogens is 323 g/mol. The molecule has 0 saturated carbocycles. The summed E-state index contributed by atoms with van der Waals surface area (Å²) in [6, 6.07) is 0. The van der Waals surface area contributed by atoms with Gasteiger partial charge in [-0.1, -0.05) is 39.5 Å². The van der Waals surface area contributed by atoms with Crippen molar-refractivity contribution in [2.45, 2.75) is 41.5 Å². The molecule has 0 radical (unpaired) electrons. The smallest absolute Gasteiger partial charge is 1.00 e. The van der Waals surface area contributed by atoms with Crippen LogP contribution < -0.4 is 24.8 Å². The largest absolute Gasteiger partial charge is 1.00 e. The molecule has 0 bridgehead atoms. The quantitative estimate of drug-likeness (QED) is 0.375. The van der Waals surface area contributed by atoms with Gasteiger partial charge in [0.05, 0.1) is 0 Å². The summed E-state index contributed by atoms with van der Waals surface area (Å²) in [5.74, 6) is 1.11. The summed E-state index contributed by atoms with van der Waals surface area (Å²) >= 11 is 2.08. The van der Waals surface area contributed by atoms with Crippen LogP contribution in [0.2, 0.25) is 0 Å². The van der Waals surface area contributed by atoms with Gasteiger partial charge in [0.1, 0.15) is 0 Å². The monoisotopic (exact) mass is 346 g/mol. The van der Waals surface area contributed by atoms with Gasteiger partial charge in [0.25, 0.3) is 0 Å². The molecule has 2 unspecified atom stereocenters. The van der Waals surface area contributed by atoms with Crippen LogP contribution in [0.1, 0.15) is 41.5 Å². The van der Waals surface area contributed by atoms with Gasteiger partial charge in [-0.3, -0.25) is 12.2 Å². The maximum Gasteiger partial charge on any atom is -1.00 e. The summed E-state index contributed by atoms with van der Waals surface area (Å²) in [7, 11) is 0. The van der Waals surface area contributed by atoms with E-state index in [0.717, 1.165) is 0 Å². The molecule has 0 aromatic rings. The molecule has 3 heteroatoms. The zero-order chi connectivity index (χ0) is 14.1. The molecule has 112 valence electrons. The van der Waals surface area contributed by atoms with Crippen LogP contribution in [0.3, 0.4) is 0 Å². The Bertz CT molecular complexity index is 354. The van der Waals surface area contributed by atoms with Gasteiger partial charge < -0.3 is 24.8 Å². The number of halogens is 2. The van der Waals surface area contributed by atoms with Crippen LogP contribution in [0.5, 0.6) is 0 Å². The minimum atomic E-state index is 0. The minimum absolute atomic E-state index is 0. The molecule has 2 aliphatic rings. The Morgan fingerprint density at radius 3 is 1.20 bits per heavy atom. The molecular formula is C17H24Cl2Ti-2. The Hall–Kier alpha value is 0.124. The summed E-state index contributed by atoms with van der Waals surface area (Å²) in [6.45, 7) is 12.6. The van der Waals surface area contributed by atoms with Crippen molar-refractivity contribution in [2.24, 2.45) is 11.8 Å². The summed E-state index contributed by atoms with van der Waals surface area (Å²) in [5, 5.41) is 0. The molecule has 2 aliphatic carbocycles. The van der Waals surface area contributed by atoms with Crippen LogP contribution in [0.4, 0.5) is 0 Å². The van der Waals surface area contributed by atoms with Gasteiger partial charge in [0.15, 0.2) is 0 Å². The van der Waals surface area contributed by atoms with E-state index in [1.54, 1.807) is 0 Å². The summed E-state index contributed by atoms with van der Waals surface area (Å²) in [6.07, 6.45) is 14.9. The van der Waals surface area contributed by atoms with Crippen LogP contribution in [0, 0.1) is 24.0 Å². The Morgan fingerprint density at radius 1 is 0.900 bits per heavy atom. The van der Waals surface area contributed by atoms with E-state index in [2.05, 4.69) is 98.0 Å². The van der Waals surface area contributed by atoms with Crippen molar-refractivity contribution in [3.63, 3.8) is 0 Å². The van der Waals surface area contributed by atoms with Gasteiger partial charge in [0, 0.05) is 0 Å². The second kappa shape index (κ2) is 14.1.